The lowest BCUT2D eigenvalue weighted by Crippen LogP contribution is -2.30. The number of anilines is 1. The van der Waals surface area contributed by atoms with Crippen LogP contribution < -0.4 is 5.32 Å². The standard InChI is InChI=1S/C11H13NO2/c1-3-7-5-4-6-8-9(7)12-10(13)11(8,2)14/h4-6,14H,3H2,1-2H3,(H,12,13). The maximum absolute atomic E-state index is 11.5. The third kappa shape index (κ3) is 1.06. The summed E-state index contributed by atoms with van der Waals surface area (Å²) in [4.78, 5) is 11.5. The molecule has 2 N–H and O–H groups in total. The van der Waals surface area contributed by atoms with Gasteiger partial charge in [-0.15, -0.1) is 0 Å². The molecule has 1 unspecified atom stereocenters. The van der Waals surface area contributed by atoms with Crippen molar-refractivity contribution in [2.75, 3.05) is 5.32 Å². The molecule has 74 valence electrons. The molecule has 1 amide bonds. The molecule has 1 aromatic carbocycles. The fourth-order valence-electron chi connectivity index (χ4n) is 1.81. The van der Waals surface area contributed by atoms with E-state index in [-0.39, 0.29) is 5.91 Å². The minimum absolute atomic E-state index is 0.339. The SMILES string of the molecule is CCc1cccc2c1NC(=O)C2(C)O. The van der Waals surface area contributed by atoms with E-state index < -0.39 is 5.60 Å². The summed E-state index contributed by atoms with van der Waals surface area (Å²) in [5, 5.41) is 12.6. The lowest BCUT2D eigenvalue weighted by Gasteiger charge is -2.13. The van der Waals surface area contributed by atoms with E-state index in [0.717, 1.165) is 17.7 Å². The molecule has 1 aliphatic rings. The first-order valence-corrected chi connectivity index (χ1v) is 4.73. The Morgan fingerprint density at radius 1 is 1.50 bits per heavy atom. The quantitative estimate of drug-likeness (QED) is 0.705. The Morgan fingerprint density at radius 2 is 2.21 bits per heavy atom. The predicted octanol–water partition coefficient (Wildman–Crippen LogP) is 1.41. The van der Waals surface area contributed by atoms with E-state index in [0.29, 0.717) is 5.56 Å². The Hall–Kier alpha value is -1.35. The summed E-state index contributed by atoms with van der Waals surface area (Å²) in [6.07, 6.45) is 0.847. The second kappa shape index (κ2) is 2.82. The second-order valence-corrected chi connectivity index (χ2v) is 3.72. The van der Waals surface area contributed by atoms with Crippen LogP contribution in [0.15, 0.2) is 18.2 Å². The van der Waals surface area contributed by atoms with Gasteiger partial charge in [-0.25, -0.2) is 0 Å². The first-order valence-electron chi connectivity index (χ1n) is 4.73. The van der Waals surface area contributed by atoms with Crippen molar-refractivity contribution in [3.05, 3.63) is 29.3 Å². The average molecular weight is 191 g/mol. The number of amides is 1. The van der Waals surface area contributed by atoms with Crippen LogP contribution in [0.25, 0.3) is 0 Å². The van der Waals surface area contributed by atoms with Gasteiger partial charge >= 0.3 is 0 Å². The minimum atomic E-state index is -1.37. The molecular weight excluding hydrogens is 178 g/mol. The molecule has 1 atom stereocenters. The third-order valence-electron chi connectivity index (χ3n) is 2.74. The molecule has 3 heteroatoms. The van der Waals surface area contributed by atoms with Gasteiger partial charge in [-0.2, -0.15) is 0 Å². The number of aryl methyl sites for hydroxylation is 1. The van der Waals surface area contributed by atoms with Gasteiger partial charge < -0.3 is 10.4 Å². The minimum Gasteiger partial charge on any atom is -0.375 e. The van der Waals surface area contributed by atoms with Gasteiger partial charge in [0, 0.05) is 5.56 Å². The van der Waals surface area contributed by atoms with Crippen LogP contribution in [0.2, 0.25) is 0 Å². The number of hydrogen-bond acceptors (Lipinski definition) is 2. The Labute approximate surface area is 82.8 Å². The molecule has 0 aromatic heterocycles. The molecule has 2 rings (SSSR count). The summed E-state index contributed by atoms with van der Waals surface area (Å²) in [5.74, 6) is -0.339. The molecule has 0 saturated heterocycles. The van der Waals surface area contributed by atoms with Crippen molar-refractivity contribution in [2.45, 2.75) is 25.9 Å². The van der Waals surface area contributed by atoms with Crippen molar-refractivity contribution < 1.29 is 9.90 Å². The summed E-state index contributed by atoms with van der Waals surface area (Å²) in [6.45, 7) is 3.54. The number of hydrogen-bond donors (Lipinski definition) is 2. The van der Waals surface area contributed by atoms with Crippen LogP contribution in [0.1, 0.15) is 25.0 Å². The highest BCUT2D eigenvalue weighted by Crippen LogP contribution is 2.37. The number of carbonyl (C=O) groups excluding carboxylic acids is 1. The highest BCUT2D eigenvalue weighted by Gasteiger charge is 2.41. The van der Waals surface area contributed by atoms with Gasteiger partial charge in [0.25, 0.3) is 5.91 Å². The van der Waals surface area contributed by atoms with Gasteiger partial charge in [0.2, 0.25) is 0 Å². The number of aliphatic hydroxyl groups is 1. The number of carbonyl (C=O) groups is 1. The number of rotatable bonds is 1. The van der Waals surface area contributed by atoms with E-state index in [1.54, 1.807) is 6.07 Å². The highest BCUT2D eigenvalue weighted by atomic mass is 16.3. The van der Waals surface area contributed by atoms with Crippen molar-refractivity contribution in [1.29, 1.82) is 0 Å². The zero-order chi connectivity index (χ0) is 10.3. The van der Waals surface area contributed by atoms with Gasteiger partial charge in [-0.05, 0) is 18.9 Å². The van der Waals surface area contributed by atoms with Crippen molar-refractivity contribution >= 4 is 11.6 Å². The molecule has 1 aliphatic heterocycles. The van der Waals surface area contributed by atoms with E-state index in [9.17, 15) is 9.90 Å². The van der Waals surface area contributed by atoms with E-state index in [1.165, 1.54) is 6.92 Å². The molecule has 0 fully saturated rings. The van der Waals surface area contributed by atoms with Gasteiger partial charge in [-0.3, -0.25) is 4.79 Å². The van der Waals surface area contributed by atoms with Crippen molar-refractivity contribution in [1.82, 2.24) is 0 Å². The molecule has 3 nitrogen and oxygen atoms in total. The average Bonchev–Trinajstić information content (AvgIpc) is 2.39. The molecule has 0 radical (unpaired) electrons. The topological polar surface area (TPSA) is 49.3 Å². The van der Waals surface area contributed by atoms with Gasteiger partial charge in [-0.1, -0.05) is 25.1 Å². The lowest BCUT2D eigenvalue weighted by atomic mass is 9.95. The Kier molecular flexibility index (Phi) is 1.86. The summed E-state index contributed by atoms with van der Waals surface area (Å²) in [7, 11) is 0. The molecule has 0 bridgehead atoms. The van der Waals surface area contributed by atoms with Crippen molar-refractivity contribution in [2.24, 2.45) is 0 Å². The van der Waals surface area contributed by atoms with E-state index in [1.807, 2.05) is 19.1 Å². The summed E-state index contributed by atoms with van der Waals surface area (Å²) >= 11 is 0. The molecule has 0 aliphatic carbocycles. The van der Waals surface area contributed by atoms with Crippen LogP contribution in [0.3, 0.4) is 0 Å². The first-order chi connectivity index (χ1) is 6.57. The molecule has 0 spiro atoms. The molecular formula is C11H13NO2. The van der Waals surface area contributed by atoms with Crippen LogP contribution in [0.4, 0.5) is 5.69 Å². The summed E-state index contributed by atoms with van der Waals surface area (Å²) < 4.78 is 0. The highest BCUT2D eigenvalue weighted by molar-refractivity contribution is 6.05. The fraction of sp³-hybridized carbons (Fsp3) is 0.364. The van der Waals surface area contributed by atoms with Crippen LogP contribution in [-0.4, -0.2) is 11.0 Å². The van der Waals surface area contributed by atoms with Gasteiger partial charge in [0.15, 0.2) is 5.60 Å². The molecule has 1 aromatic rings. The van der Waals surface area contributed by atoms with Crippen molar-refractivity contribution in [3.63, 3.8) is 0 Å². The number of para-hydroxylation sites is 1. The van der Waals surface area contributed by atoms with Crippen LogP contribution in [-0.2, 0) is 16.8 Å². The molecule has 1 heterocycles. The van der Waals surface area contributed by atoms with Crippen LogP contribution in [0, 0.1) is 0 Å². The normalized spacial score (nSPS) is 24.6. The number of fused-ring (bicyclic) bond motifs is 1. The first kappa shape index (κ1) is 9.21. The summed E-state index contributed by atoms with van der Waals surface area (Å²) in [6, 6.07) is 5.61. The zero-order valence-electron chi connectivity index (χ0n) is 8.29. The smallest absolute Gasteiger partial charge is 0.260 e. The molecule has 14 heavy (non-hydrogen) atoms. The van der Waals surface area contributed by atoms with Gasteiger partial charge in [0.1, 0.15) is 0 Å². The summed E-state index contributed by atoms with van der Waals surface area (Å²) in [5.41, 5.74) is 1.15. The Balaban J connectivity index is 2.63. The van der Waals surface area contributed by atoms with Crippen molar-refractivity contribution in [3.8, 4) is 0 Å². The van der Waals surface area contributed by atoms with E-state index >= 15 is 0 Å². The lowest BCUT2D eigenvalue weighted by molar-refractivity contribution is -0.131. The van der Waals surface area contributed by atoms with E-state index in [2.05, 4.69) is 5.32 Å². The number of benzene rings is 1. The van der Waals surface area contributed by atoms with Crippen LogP contribution in [0.5, 0.6) is 0 Å². The maximum atomic E-state index is 11.5. The van der Waals surface area contributed by atoms with Gasteiger partial charge in [0.05, 0.1) is 5.69 Å². The third-order valence-corrected chi connectivity index (χ3v) is 2.74. The van der Waals surface area contributed by atoms with Crippen LogP contribution >= 0.6 is 0 Å². The maximum Gasteiger partial charge on any atom is 0.260 e. The molecule has 0 saturated carbocycles. The Morgan fingerprint density at radius 3 is 2.86 bits per heavy atom. The second-order valence-electron chi connectivity index (χ2n) is 3.72. The fourth-order valence-corrected chi connectivity index (χ4v) is 1.81. The monoisotopic (exact) mass is 191 g/mol. The zero-order valence-corrected chi connectivity index (χ0v) is 8.29. The Bertz CT molecular complexity index is 396. The van der Waals surface area contributed by atoms with E-state index in [4.69, 9.17) is 0 Å². The predicted molar refractivity (Wildman–Crippen MR) is 54.0 cm³/mol. The largest absolute Gasteiger partial charge is 0.375 e. The number of nitrogens with one attached hydrogen (secondary N) is 1.